The van der Waals surface area contributed by atoms with Gasteiger partial charge in [-0.1, -0.05) is 64.4 Å². The van der Waals surface area contributed by atoms with Gasteiger partial charge in [0.05, 0.1) is 6.10 Å². The number of methoxy groups -OCH3 is 1. The molecule has 1 atom stereocenters. The van der Waals surface area contributed by atoms with E-state index in [0.717, 1.165) is 6.42 Å². The first kappa shape index (κ1) is 17.7. The fourth-order valence-electron chi connectivity index (χ4n) is 2.39. The SMILES string of the molecule is C=CCCCCCCCCCCCC(CC)OC. The number of rotatable bonds is 14. The zero-order valence-corrected chi connectivity index (χ0v) is 12.8. The lowest BCUT2D eigenvalue weighted by molar-refractivity contribution is 0.0897. The Morgan fingerprint density at radius 3 is 1.83 bits per heavy atom. The summed E-state index contributed by atoms with van der Waals surface area (Å²) >= 11 is 0. The Labute approximate surface area is 115 Å². The van der Waals surface area contributed by atoms with Crippen LogP contribution in [-0.4, -0.2) is 13.2 Å². The topological polar surface area (TPSA) is 9.23 Å². The monoisotopic (exact) mass is 254 g/mol. The first-order valence-electron chi connectivity index (χ1n) is 7.98. The maximum absolute atomic E-state index is 5.38. The van der Waals surface area contributed by atoms with Crippen molar-refractivity contribution in [3.8, 4) is 0 Å². The first-order chi connectivity index (χ1) is 8.85. The van der Waals surface area contributed by atoms with Crippen molar-refractivity contribution in [1.29, 1.82) is 0 Å². The van der Waals surface area contributed by atoms with Crippen LogP contribution in [-0.2, 0) is 4.74 Å². The molecule has 0 N–H and O–H groups in total. The zero-order chi connectivity index (χ0) is 13.5. The minimum atomic E-state index is 0.495. The highest BCUT2D eigenvalue weighted by atomic mass is 16.5. The minimum Gasteiger partial charge on any atom is -0.381 e. The maximum atomic E-state index is 5.38. The zero-order valence-electron chi connectivity index (χ0n) is 12.8. The predicted molar refractivity (Wildman–Crippen MR) is 82.1 cm³/mol. The molecule has 108 valence electrons. The fourth-order valence-corrected chi connectivity index (χ4v) is 2.39. The van der Waals surface area contributed by atoms with E-state index in [4.69, 9.17) is 4.74 Å². The van der Waals surface area contributed by atoms with E-state index < -0.39 is 0 Å². The molecule has 1 unspecified atom stereocenters. The summed E-state index contributed by atoms with van der Waals surface area (Å²) in [6, 6.07) is 0. The second-order valence-electron chi connectivity index (χ2n) is 5.31. The third kappa shape index (κ3) is 12.2. The van der Waals surface area contributed by atoms with Gasteiger partial charge in [0.15, 0.2) is 0 Å². The van der Waals surface area contributed by atoms with Crippen LogP contribution in [0, 0.1) is 0 Å². The molecule has 1 heteroatoms. The molecule has 0 aliphatic rings. The van der Waals surface area contributed by atoms with Crippen LogP contribution in [0.15, 0.2) is 12.7 Å². The lowest BCUT2D eigenvalue weighted by Gasteiger charge is -2.12. The van der Waals surface area contributed by atoms with E-state index in [9.17, 15) is 0 Å². The van der Waals surface area contributed by atoms with Crippen molar-refractivity contribution in [1.82, 2.24) is 0 Å². The molecule has 0 aliphatic carbocycles. The summed E-state index contributed by atoms with van der Waals surface area (Å²) in [7, 11) is 1.83. The molecule has 0 fully saturated rings. The summed E-state index contributed by atoms with van der Waals surface area (Å²) in [6.07, 6.45) is 18.7. The molecule has 0 bridgehead atoms. The third-order valence-corrected chi connectivity index (χ3v) is 3.72. The quantitative estimate of drug-likeness (QED) is 0.277. The highest BCUT2D eigenvalue weighted by Gasteiger charge is 2.02. The Hall–Kier alpha value is -0.300. The van der Waals surface area contributed by atoms with Crippen molar-refractivity contribution >= 4 is 0 Å². The van der Waals surface area contributed by atoms with E-state index in [0.29, 0.717) is 6.10 Å². The Morgan fingerprint density at radius 1 is 0.889 bits per heavy atom. The third-order valence-electron chi connectivity index (χ3n) is 3.72. The number of hydrogen-bond acceptors (Lipinski definition) is 1. The van der Waals surface area contributed by atoms with Gasteiger partial charge in [0.25, 0.3) is 0 Å². The number of hydrogen-bond donors (Lipinski definition) is 0. The molecule has 0 heterocycles. The second-order valence-corrected chi connectivity index (χ2v) is 5.31. The van der Waals surface area contributed by atoms with Gasteiger partial charge in [0, 0.05) is 7.11 Å². The van der Waals surface area contributed by atoms with Crippen LogP contribution >= 0.6 is 0 Å². The summed E-state index contributed by atoms with van der Waals surface area (Å²) in [5.41, 5.74) is 0. The second kappa shape index (κ2) is 14.8. The molecular formula is C17H34O. The number of ether oxygens (including phenoxy) is 1. The number of allylic oxidation sites excluding steroid dienone is 1. The van der Waals surface area contributed by atoms with Crippen molar-refractivity contribution in [2.75, 3.05) is 7.11 Å². The van der Waals surface area contributed by atoms with Gasteiger partial charge in [0.1, 0.15) is 0 Å². The van der Waals surface area contributed by atoms with E-state index in [-0.39, 0.29) is 0 Å². The predicted octanol–water partition coefficient (Wildman–Crippen LogP) is 5.89. The molecule has 0 aromatic carbocycles. The van der Waals surface area contributed by atoms with E-state index in [1.807, 2.05) is 13.2 Å². The van der Waals surface area contributed by atoms with E-state index in [2.05, 4.69) is 13.5 Å². The average Bonchev–Trinajstić information content (AvgIpc) is 2.40. The molecule has 0 radical (unpaired) electrons. The van der Waals surface area contributed by atoms with E-state index in [1.54, 1.807) is 0 Å². The summed E-state index contributed by atoms with van der Waals surface area (Å²) in [4.78, 5) is 0. The van der Waals surface area contributed by atoms with Crippen LogP contribution in [0.2, 0.25) is 0 Å². The largest absolute Gasteiger partial charge is 0.381 e. The van der Waals surface area contributed by atoms with Gasteiger partial charge in [0.2, 0.25) is 0 Å². The smallest absolute Gasteiger partial charge is 0.0568 e. The van der Waals surface area contributed by atoms with Crippen LogP contribution < -0.4 is 0 Å². The fraction of sp³-hybridized carbons (Fsp3) is 0.882. The van der Waals surface area contributed by atoms with Gasteiger partial charge in [-0.3, -0.25) is 0 Å². The van der Waals surface area contributed by atoms with Crippen molar-refractivity contribution in [2.24, 2.45) is 0 Å². The van der Waals surface area contributed by atoms with Crippen LogP contribution in [0.5, 0.6) is 0 Å². The van der Waals surface area contributed by atoms with Crippen molar-refractivity contribution in [2.45, 2.75) is 90.1 Å². The summed E-state index contributed by atoms with van der Waals surface area (Å²) < 4.78 is 5.38. The van der Waals surface area contributed by atoms with Crippen LogP contribution in [0.25, 0.3) is 0 Å². The van der Waals surface area contributed by atoms with Gasteiger partial charge in [-0.05, 0) is 25.7 Å². The maximum Gasteiger partial charge on any atom is 0.0568 e. The Kier molecular flexibility index (Phi) is 14.5. The molecule has 0 amide bonds. The van der Waals surface area contributed by atoms with Crippen LogP contribution in [0.1, 0.15) is 84.0 Å². The lowest BCUT2D eigenvalue weighted by Crippen LogP contribution is -2.08. The highest BCUT2D eigenvalue weighted by molar-refractivity contribution is 4.65. The highest BCUT2D eigenvalue weighted by Crippen LogP contribution is 2.13. The minimum absolute atomic E-state index is 0.495. The summed E-state index contributed by atoms with van der Waals surface area (Å²) in [6.45, 7) is 5.96. The van der Waals surface area contributed by atoms with Gasteiger partial charge >= 0.3 is 0 Å². The average molecular weight is 254 g/mol. The molecular weight excluding hydrogens is 220 g/mol. The molecule has 18 heavy (non-hydrogen) atoms. The molecule has 0 aromatic heterocycles. The molecule has 0 aromatic rings. The Morgan fingerprint density at radius 2 is 1.39 bits per heavy atom. The first-order valence-corrected chi connectivity index (χ1v) is 7.98. The number of unbranched alkanes of at least 4 members (excludes halogenated alkanes) is 9. The van der Waals surface area contributed by atoms with Gasteiger partial charge in [-0.15, -0.1) is 6.58 Å². The Balaban J connectivity index is 3.05. The Bertz CT molecular complexity index is 161. The van der Waals surface area contributed by atoms with Gasteiger partial charge in [-0.25, -0.2) is 0 Å². The molecule has 0 rings (SSSR count). The van der Waals surface area contributed by atoms with Crippen molar-refractivity contribution < 1.29 is 4.74 Å². The van der Waals surface area contributed by atoms with Crippen molar-refractivity contribution in [3.05, 3.63) is 12.7 Å². The molecule has 0 aliphatic heterocycles. The van der Waals surface area contributed by atoms with Crippen molar-refractivity contribution in [3.63, 3.8) is 0 Å². The molecule has 1 nitrogen and oxygen atoms in total. The van der Waals surface area contributed by atoms with Gasteiger partial charge in [-0.2, -0.15) is 0 Å². The molecule has 0 saturated carbocycles. The standard InChI is InChI=1S/C17H34O/c1-4-6-7-8-9-10-11-12-13-14-15-16-17(5-2)18-3/h4,17H,1,5-16H2,2-3H3. The lowest BCUT2D eigenvalue weighted by atomic mass is 10.0. The van der Waals surface area contributed by atoms with Gasteiger partial charge < -0.3 is 4.74 Å². The molecule has 0 spiro atoms. The van der Waals surface area contributed by atoms with E-state index in [1.165, 1.54) is 70.6 Å². The van der Waals surface area contributed by atoms with Crippen LogP contribution in [0.3, 0.4) is 0 Å². The van der Waals surface area contributed by atoms with E-state index >= 15 is 0 Å². The molecule has 0 saturated heterocycles. The summed E-state index contributed by atoms with van der Waals surface area (Å²) in [5, 5.41) is 0. The van der Waals surface area contributed by atoms with Crippen LogP contribution in [0.4, 0.5) is 0 Å². The normalized spacial score (nSPS) is 12.6. The summed E-state index contributed by atoms with van der Waals surface area (Å²) in [5.74, 6) is 0.